The van der Waals surface area contributed by atoms with Gasteiger partial charge in [-0.05, 0) is 24.1 Å². The van der Waals surface area contributed by atoms with Crippen LogP contribution in [-0.4, -0.2) is 32.8 Å². The molecule has 0 radical (unpaired) electrons. The third kappa shape index (κ3) is 5.60. The monoisotopic (exact) mass is 369 g/mol. The molecule has 6 heteroatoms. The van der Waals surface area contributed by atoms with Crippen molar-refractivity contribution in [2.45, 2.75) is 13.0 Å². The highest BCUT2D eigenvalue weighted by Gasteiger charge is 2.20. The van der Waals surface area contributed by atoms with E-state index in [2.05, 4.69) is 6.58 Å². The van der Waals surface area contributed by atoms with Crippen LogP contribution in [0, 0.1) is 0 Å². The number of ether oxygens (including phenoxy) is 3. The van der Waals surface area contributed by atoms with E-state index in [1.165, 1.54) is 19.1 Å². The number of carbonyl (C=O) groups is 2. The molecule has 27 heavy (non-hydrogen) atoms. The molecule has 0 N–H and O–H groups in total. The SMILES string of the molecule is C=CCCN(C(=O)OCc1ccccc1)c1cc(OC)cc(C(=O)OC)c1. The molecular weight excluding hydrogens is 346 g/mol. The van der Waals surface area contributed by atoms with Crippen LogP contribution in [0.25, 0.3) is 0 Å². The van der Waals surface area contributed by atoms with E-state index in [0.29, 0.717) is 24.4 Å². The average Bonchev–Trinajstić information content (AvgIpc) is 2.72. The molecule has 0 fully saturated rings. The smallest absolute Gasteiger partial charge is 0.414 e. The fraction of sp³-hybridized carbons (Fsp3) is 0.238. The summed E-state index contributed by atoms with van der Waals surface area (Å²) in [6.45, 7) is 4.20. The lowest BCUT2D eigenvalue weighted by Crippen LogP contribution is -2.32. The molecule has 0 aromatic heterocycles. The molecule has 0 heterocycles. The highest BCUT2D eigenvalue weighted by Crippen LogP contribution is 2.26. The number of hydrogen-bond acceptors (Lipinski definition) is 5. The lowest BCUT2D eigenvalue weighted by molar-refractivity contribution is 0.0600. The summed E-state index contributed by atoms with van der Waals surface area (Å²) in [6.07, 6.45) is 1.74. The molecule has 0 saturated heterocycles. The number of amides is 1. The Morgan fingerprint density at radius 1 is 1.11 bits per heavy atom. The van der Waals surface area contributed by atoms with Gasteiger partial charge in [0, 0.05) is 12.6 Å². The van der Waals surface area contributed by atoms with Gasteiger partial charge in [0.25, 0.3) is 0 Å². The molecule has 0 atom stereocenters. The Hall–Kier alpha value is -3.28. The summed E-state index contributed by atoms with van der Waals surface area (Å²) in [4.78, 5) is 26.1. The van der Waals surface area contributed by atoms with Gasteiger partial charge in [-0.2, -0.15) is 0 Å². The van der Waals surface area contributed by atoms with Gasteiger partial charge in [0.1, 0.15) is 12.4 Å². The summed E-state index contributed by atoms with van der Waals surface area (Å²) in [5.74, 6) is -0.0798. The Balaban J connectivity index is 2.27. The normalized spacial score (nSPS) is 10.0. The van der Waals surface area contributed by atoms with Crippen LogP contribution in [0.1, 0.15) is 22.3 Å². The number of anilines is 1. The Kier molecular flexibility index (Phi) is 7.43. The minimum atomic E-state index is -0.523. The number of carbonyl (C=O) groups excluding carboxylic acids is 2. The first-order chi connectivity index (χ1) is 13.1. The summed E-state index contributed by atoms with van der Waals surface area (Å²) in [7, 11) is 2.78. The van der Waals surface area contributed by atoms with E-state index in [9.17, 15) is 9.59 Å². The predicted molar refractivity (Wildman–Crippen MR) is 103 cm³/mol. The van der Waals surface area contributed by atoms with E-state index in [1.54, 1.807) is 24.3 Å². The Morgan fingerprint density at radius 3 is 2.48 bits per heavy atom. The molecule has 0 saturated carbocycles. The van der Waals surface area contributed by atoms with Crippen LogP contribution in [0.5, 0.6) is 5.75 Å². The fourth-order valence-electron chi connectivity index (χ4n) is 2.44. The molecule has 1 amide bonds. The number of rotatable bonds is 8. The third-order valence-electron chi connectivity index (χ3n) is 3.84. The molecule has 0 bridgehead atoms. The quantitative estimate of drug-likeness (QED) is 0.515. The first-order valence-electron chi connectivity index (χ1n) is 8.45. The van der Waals surface area contributed by atoms with Gasteiger partial charge in [-0.25, -0.2) is 9.59 Å². The number of nitrogens with zero attached hydrogens (tertiary/aromatic N) is 1. The van der Waals surface area contributed by atoms with Crippen molar-refractivity contribution in [3.63, 3.8) is 0 Å². The highest BCUT2D eigenvalue weighted by molar-refractivity contribution is 5.94. The molecule has 0 aliphatic carbocycles. The van der Waals surface area contributed by atoms with E-state index < -0.39 is 12.1 Å². The number of esters is 1. The molecule has 142 valence electrons. The first kappa shape index (κ1) is 20.0. The van der Waals surface area contributed by atoms with Crippen LogP contribution in [0.15, 0.2) is 61.2 Å². The van der Waals surface area contributed by atoms with E-state index in [-0.39, 0.29) is 12.2 Å². The molecule has 2 rings (SSSR count). The molecule has 2 aromatic rings. The summed E-state index contributed by atoms with van der Waals surface area (Å²) in [5.41, 5.74) is 1.65. The number of benzene rings is 2. The van der Waals surface area contributed by atoms with E-state index >= 15 is 0 Å². The molecular formula is C21H23NO5. The Labute approximate surface area is 159 Å². The minimum absolute atomic E-state index is 0.151. The first-order valence-corrected chi connectivity index (χ1v) is 8.45. The van der Waals surface area contributed by atoms with E-state index in [1.807, 2.05) is 30.3 Å². The van der Waals surface area contributed by atoms with Gasteiger partial charge in [-0.1, -0.05) is 36.4 Å². The van der Waals surface area contributed by atoms with Crippen molar-refractivity contribution in [3.05, 3.63) is 72.3 Å². The molecule has 0 unspecified atom stereocenters. The lowest BCUT2D eigenvalue weighted by Gasteiger charge is -2.23. The average molecular weight is 369 g/mol. The van der Waals surface area contributed by atoms with Crippen molar-refractivity contribution >= 4 is 17.7 Å². The van der Waals surface area contributed by atoms with Gasteiger partial charge in [0.2, 0.25) is 0 Å². The van der Waals surface area contributed by atoms with Crippen LogP contribution >= 0.6 is 0 Å². The fourth-order valence-corrected chi connectivity index (χ4v) is 2.44. The maximum Gasteiger partial charge on any atom is 0.414 e. The minimum Gasteiger partial charge on any atom is -0.497 e. The van der Waals surface area contributed by atoms with Crippen molar-refractivity contribution in [1.82, 2.24) is 0 Å². The molecule has 0 spiro atoms. The molecule has 0 aliphatic heterocycles. The molecule has 0 aliphatic rings. The van der Waals surface area contributed by atoms with Gasteiger partial charge < -0.3 is 14.2 Å². The maximum atomic E-state index is 12.7. The van der Waals surface area contributed by atoms with Crippen LogP contribution < -0.4 is 9.64 Å². The maximum absolute atomic E-state index is 12.7. The van der Waals surface area contributed by atoms with Crippen molar-refractivity contribution in [2.75, 3.05) is 25.7 Å². The van der Waals surface area contributed by atoms with Crippen molar-refractivity contribution in [1.29, 1.82) is 0 Å². The van der Waals surface area contributed by atoms with Crippen LogP contribution in [0.3, 0.4) is 0 Å². The number of methoxy groups -OCH3 is 2. The van der Waals surface area contributed by atoms with Crippen molar-refractivity contribution < 1.29 is 23.8 Å². The zero-order valence-corrected chi connectivity index (χ0v) is 15.5. The summed E-state index contributed by atoms with van der Waals surface area (Å²) < 4.78 is 15.5. The van der Waals surface area contributed by atoms with Crippen molar-refractivity contribution in [2.24, 2.45) is 0 Å². The van der Waals surface area contributed by atoms with Crippen LogP contribution in [0.2, 0.25) is 0 Å². The lowest BCUT2D eigenvalue weighted by atomic mass is 10.1. The predicted octanol–water partition coefficient (Wildman–Crippen LogP) is 4.20. The second-order valence-electron chi connectivity index (χ2n) is 5.68. The second kappa shape index (κ2) is 10.0. The zero-order valence-electron chi connectivity index (χ0n) is 15.5. The summed E-state index contributed by atoms with van der Waals surface area (Å²) in [5, 5.41) is 0. The van der Waals surface area contributed by atoms with Crippen LogP contribution in [0.4, 0.5) is 10.5 Å². The standard InChI is InChI=1S/C21H23NO5/c1-4-5-11-22(21(24)27-15-16-9-7-6-8-10-16)18-12-17(20(23)26-3)13-19(14-18)25-2/h4,6-10,12-14H,1,5,11,15H2,2-3H3. The van der Waals surface area contributed by atoms with Gasteiger partial charge in [0.05, 0.1) is 25.5 Å². The van der Waals surface area contributed by atoms with E-state index in [0.717, 1.165) is 5.56 Å². The Morgan fingerprint density at radius 2 is 1.85 bits per heavy atom. The van der Waals surface area contributed by atoms with Gasteiger partial charge in [-0.15, -0.1) is 6.58 Å². The topological polar surface area (TPSA) is 65.1 Å². The largest absolute Gasteiger partial charge is 0.497 e. The Bertz CT molecular complexity index is 788. The summed E-state index contributed by atoms with van der Waals surface area (Å²) in [6, 6.07) is 14.2. The second-order valence-corrected chi connectivity index (χ2v) is 5.68. The third-order valence-corrected chi connectivity index (χ3v) is 3.84. The molecule has 2 aromatic carbocycles. The van der Waals surface area contributed by atoms with Gasteiger partial charge in [-0.3, -0.25) is 4.90 Å². The molecule has 6 nitrogen and oxygen atoms in total. The highest BCUT2D eigenvalue weighted by atomic mass is 16.6. The van der Waals surface area contributed by atoms with E-state index in [4.69, 9.17) is 14.2 Å². The van der Waals surface area contributed by atoms with Crippen molar-refractivity contribution in [3.8, 4) is 5.75 Å². The summed E-state index contributed by atoms with van der Waals surface area (Å²) >= 11 is 0. The van der Waals surface area contributed by atoms with Crippen LogP contribution in [-0.2, 0) is 16.1 Å². The zero-order chi connectivity index (χ0) is 19.6. The van der Waals surface area contributed by atoms with Gasteiger partial charge >= 0.3 is 12.1 Å². The van der Waals surface area contributed by atoms with Gasteiger partial charge in [0.15, 0.2) is 0 Å². The number of hydrogen-bond donors (Lipinski definition) is 0.